The fraction of sp³-hybridized carbons (Fsp3) is 0.200. The molecule has 1 N–H and O–H groups in total. The van der Waals surface area contributed by atoms with Gasteiger partial charge in [-0.3, -0.25) is 9.59 Å². The van der Waals surface area contributed by atoms with Crippen molar-refractivity contribution in [2.75, 3.05) is 12.4 Å². The van der Waals surface area contributed by atoms with Crippen LogP contribution in [0.25, 0.3) is 0 Å². The van der Waals surface area contributed by atoms with Gasteiger partial charge < -0.3 is 10.1 Å². The predicted molar refractivity (Wildman–Crippen MR) is 52.6 cm³/mol. The van der Waals surface area contributed by atoms with Gasteiger partial charge in [0.1, 0.15) is 0 Å². The molecule has 0 aliphatic carbocycles. The van der Waals surface area contributed by atoms with E-state index in [4.69, 9.17) is 4.74 Å². The van der Waals surface area contributed by atoms with Crippen LogP contribution in [0.2, 0.25) is 0 Å². The second kappa shape index (κ2) is 4.54. The highest BCUT2D eigenvalue weighted by Gasteiger charge is 2.14. The molecule has 0 aromatic heterocycles. The van der Waals surface area contributed by atoms with Crippen molar-refractivity contribution in [3.05, 3.63) is 23.5 Å². The lowest BCUT2D eigenvalue weighted by atomic mass is 10.2. The Hall–Kier alpha value is -1.91. The molecule has 5 heteroatoms. The van der Waals surface area contributed by atoms with Gasteiger partial charge in [-0.15, -0.1) is 0 Å². The standard InChI is InChI=1S/C10H10FNO3/c1-6(14)12-8-4-3-7(5-13)10(15-2)9(8)11/h3-5H,1-2H3,(H,12,14). The Morgan fingerprint density at radius 2 is 2.20 bits per heavy atom. The Labute approximate surface area is 86.0 Å². The minimum atomic E-state index is -0.752. The minimum Gasteiger partial charge on any atom is -0.493 e. The molecule has 0 heterocycles. The molecular weight excluding hydrogens is 201 g/mol. The van der Waals surface area contributed by atoms with Gasteiger partial charge in [0, 0.05) is 6.92 Å². The molecule has 0 atom stereocenters. The Kier molecular flexibility index (Phi) is 3.38. The van der Waals surface area contributed by atoms with Crippen LogP contribution in [0.4, 0.5) is 10.1 Å². The third kappa shape index (κ3) is 2.31. The summed E-state index contributed by atoms with van der Waals surface area (Å²) in [5.74, 6) is -1.32. The highest BCUT2D eigenvalue weighted by molar-refractivity contribution is 5.90. The quantitative estimate of drug-likeness (QED) is 0.772. The number of aldehydes is 1. The molecule has 0 spiro atoms. The molecule has 1 amide bonds. The molecule has 80 valence electrons. The zero-order chi connectivity index (χ0) is 11.4. The van der Waals surface area contributed by atoms with Crippen LogP contribution in [-0.4, -0.2) is 19.3 Å². The number of amides is 1. The van der Waals surface area contributed by atoms with Crippen molar-refractivity contribution in [2.45, 2.75) is 6.92 Å². The fourth-order valence-electron chi connectivity index (χ4n) is 1.16. The first-order valence-corrected chi connectivity index (χ1v) is 4.19. The molecule has 0 bridgehead atoms. The van der Waals surface area contributed by atoms with E-state index in [0.717, 1.165) is 0 Å². The monoisotopic (exact) mass is 211 g/mol. The summed E-state index contributed by atoms with van der Waals surface area (Å²) in [6.07, 6.45) is 0.486. The smallest absolute Gasteiger partial charge is 0.221 e. The van der Waals surface area contributed by atoms with E-state index in [2.05, 4.69) is 5.32 Å². The third-order valence-corrected chi connectivity index (χ3v) is 1.77. The Morgan fingerprint density at radius 1 is 1.53 bits per heavy atom. The number of hydrogen-bond acceptors (Lipinski definition) is 3. The second-order valence-electron chi connectivity index (χ2n) is 2.85. The van der Waals surface area contributed by atoms with Crippen LogP contribution in [0.1, 0.15) is 17.3 Å². The van der Waals surface area contributed by atoms with Crippen molar-refractivity contribution in [2.24, 2.45) is 0 Å². The van der Waals surface area contributed by atoms with Crippen LogP contribution in [0.5, 0.6) is 5.75 Å². The van der Waals surface area contributed by atoms with Gasteiger partial charge in [0.05, 0.1) is 18.4 Å². The van der Waals surface area contributed by atoms with Crippen LogP contribution in [0.3, 0.4) is 0 Å². The lowest BCUT2D eigenvalue weighted by molar-refractivity contribution is -0.114. The summed E-state index contributed by atoms with van der Waals surface area (Å²) < 4.78 is 18.3. The van der Waals surface area contributed by atoms with Gasteiger partial charge >= 0.3 is 0 Å². The molecule has 0 aliphatic rings. The molecule has 0 unspecified atom stereocenters. The second-order valence-corrected chi connectivity index (χ2v) is 2.85. The number of nitrogens with one attached hydrogen (secondary N) is 1. The number of hydrogen-bond donors (Lipinski definition) is 1. The number of methoxy groups -OCH3 is 1. The number of anilines is 1. The van der Waals surface area contributed by atoms with Crippen molar-refractivity contribution >= 4 is 17.9 Å². The maximum Gasteiger partial charge on any atom is 0.221 e. The largest absolute Gasteiger partial charge is 0.493 e. The SMILES string of the molecule is COc1c(C=O)ccc(NC(C)=O)c1F. The number of rotatable bonds is 3. The summed E-state index contributed by atoms with van der Waals surface area (Å²) >= 11 is 0. The van der Waals surface area contributed by atoms with Crippen molar-refractivity contribution < 1.29 is 18.7 Å². The zero-order valence-electron chi connectivity index (χ0n) is 8.33. The lowest BCUT2D eigenvalue weighted by Gasteiger charge is -2.09. The normalized spacial score (nSPS) is 9.53. The first kappa shape index (κ1) is 11.2. The van der Waals surface area contributed by atoms with Gasteiger partial charge in [-0.05, 0) is 12.1 Å². The van der Waals surface area contributed by atoms with Crippen LogP contribution in [0, 0.1) is 5.82 Å². The molecule has 0 radical (unpaired) electrons. The molecule has 4 nitrogen and oxygen atoms in total. The van der Waals surface area contributed by atoms with Crippen LogP contribution >= 0.6 is 0 Å². The average Bonchev–Trinajstić information content (AvgIpc) is 2.20. The van der Waals surface area contributed by atoms with Crippen LogP contribution in [-0.2, 0) is 4.79 Å². The van der Waals surface area contributed by atoms with Crippen molar-refractivity contribution in [3.63, 3.8) is 0 Å². The van der Waals surface area contributed by atoms with Crippen LogP contribution in [0.15, 0.2) is 12.1 Å². The summed E-state index contributed by atoms with van der Waals surface area (Å²) in [6, 6.07) is 2.68. The Morgan fingerprint density at radius 3 is 2.67 bits per heavy atom. The molecule has 0 aliphatic heterocycles. The molecular formula is C10H10FNO3. The highest BCUT2D eigenvalue weighted by Crippen LogP contribution is 2.27. The molecule has 1 aromatic carbocycles. The summed E-state index contributed by atoms with van der Waals surface area (Å²) in [5.41, 5.74) is 0.0917. The number of carbonyl (C=O) groups is 2. The first-order chi connectivity index (χ1) is 7.10. The van der Waals surface area contributed by atoms with Gasteiger partial charge in [-0.25, -0.2) is 4.39 Å². The molecule has 1 aromatic rings. The van der Waals surface area contributed by atoms with Crippen LogP contribution < -0.4 is 10.1 Å². The number of carbonyl (C=O) groups excluding carboxylic acids is 2. The maximum atomic E-state index is 13.6. The zero-order valence-corrected chi connectivity index (χ0v) is 8.33. The van der Waals surface area contributed by atoms with Gasteiger partial charge in [0.2, 0.25) is 5.91 Å². The summed E-state index contributed by atoms with van der Waals surface area (Å²) in [6.45, 7) is 1.26. The van der Waals surface area contributed by atoms with E-state index in [1.54, 1.807) is 0 Å². The van der Waals surface area contributed by atoms with E-state index in [1.165, 1.54) is 26.2 Å². The lowest BCUT2D eigenvalue weighted by Crippen LogP contribution is -2.08. The van der Waals surface area contributed by atoms with Crippen molar-refractivity contribution in [1.29, 1.82) is 0 Å². The van der Waals surface area contributed by atoms with Crippen molar-refractivity contribution in [1.82, 2.24) is 0 Å². The van der Waals surface area contributed by atoms with Gasteiger partial charge in [-0.2, -0.15) is 0 Å². The van der Waals surface area contributed by atoms with E-state index >= 15 is 0 Å². The van der Waals surface area contributed by atoms with E-state index in [0.29, 0.717) is 6.29 Å². The fourth-order valence-corrected chi connectivity index (χ4v) is 1.16. The van der Waals surface area contributed by atoms with Gasteiger partial charge in [0.25, 0.3) is 0 Å². The summed E-state index contributed by atoms with van der Waals surface area (Å²) in [5, 5.41) is 2.29. The van der Waals surface area contributed by atoms with Crippen molar-refractivity contribution in [3.8, 4) is 5.75 Å². The number of halogens is 1. The highest BCUT2D eigenvalue weighted by atomic mass is 19.1. The van der Waals surface area contributed by atoms with E-state index in [-0.39, 0.29) is 17.0 Å². The topological polar surface area (TPSA) is 55.4 Å². The Balaban J connectivity index is 3.22. The summed E-state index contributed by atoms with van der Waals surface area (Å²) in [4.78, 5) is 21.3. The third-order valence-electron chi connectivity index (χ3n) is 1.77. The maximum absolute atomic E-state index is 13.6. The Bertz CT molecular complexity index is 404. The molecule has 0 fully saturated rings. The first-order valence-electron chi connectivity index (χ1n) is 4.19. The van der Waals surface area contributed by atoms with E-state index < -0.39 is 11.7 Å². The molecule has 1 rings (SSSR count). The van der Waals surface area contributed by atoms with Gasteiger partial charge in [0.15, 0.2) is 17.9 Å². The minimum absolute atomic E-state index is 0.00931. The van der Waals surface area contributed by atoms with E-state index in [9.17, 15) is 14.0 Å². The molecule has 0 saturated heterocycles. The predicted octanol–water partition coefficient (Wildman–Crippen LogP) is 1.61. The number of benzene rings is 1. The average molecular weight is 211 g/mol. The summed E-state index contributed by atoms with van der Waals surface area (Å²) in [7, 11) is 1.25. The van der Waals surface area contributed by atoms with E-state index in [1.807, 2.05) is 0 Å². The molecule has 0 saturated carbocycles. The van der Waals surface area contributed by atoms with Gasteiger partial charge in [-0.1, -0.05) is 0 Å². The number of ether oxygens (including phenoxy) is 1. The molecule has 15 heavy (non-hydrogen) atoms.